The van der Waals surface area contributed by atoms with Crippen LogP contribution in [0.4, 0.5) is 10.5 Å². The highest BCUT2D eigenvalue weighted by molar-refractivity contribution is 6.10. The van der Waals surface area contributed by atoms with Crippen LogP contribution in [0, 0.1) is 18.3 Å². The highest BCUT2D eigenvalue weighted by atomic mass is 16.5. The van der Waals surface area contributed by atoms with Crippen LogP contribution in [-0.2, 0) is 15.1 Å². The number of nitrogens with zero attached hydrogens (tertiary/aromatic N) is 2. The van der Waals surface area contributed by atoms with Gasteiger partial charge in [0.1, 0.15) is 17.8 Å². The summed E-state index contributed by atoms with van der Waals surface area (Å²) in [5.74, 6) is -0.392. The van der Waals surface area contributed by atoms with E-state index < -0.39 is 29.9 Å². The van der Waals surface area contributed by atoms with Gasteiger partial charge in [0.2, 0.25) is 5.91 Å². The molecule has 1 unspecified atom stereocenters. The number of carbonyl (C=O) groups excluding carboxylic acids is 3. The molecule has 1 fully saturated rings. The molecule has 0 spiro atoms. The molecule has 0 saturated carbocycles. The molecule has 148 valence electrons. The van der Waals surface area contributed by atoms with Gasteiger partial charge in [0.25, 0.3) is 5.91 Å². The normalized spacial score (nSPS) is 18.2. The molecule has 8 nitrogen and oxygen atoms in total. The van der Waals surface area contributed by atoms with Crippen LogP contribution in [0.15, 0.2) is 42.5 Å². The summed E-state index contributed by atoms with van der Waals surface area (Å²) < 4.78 is 5.23. The van der Waals surface area contributed by atoms with Gasteiger partial charge in [0.15, 0.2) is 0 Å². The Morgan fingerprint density at radius 3 is 2.69 bits per heavy atom. The third-order valence-electron chi connectivity index (χ3n) is 4.82. The Balaban J connectivity index is 1.77. The average Bonchev–Trinajstić information content (AvgIpc) is 2.92. The van der Waals surface area contributed by atoms with Gasteiger partial charge in [-0.1, -0.05) is 12.1 Å². The molecular formula is C21H20N4O4. The first kappa shape index (κ1) is 19.9. The van der Waals surface area contributed by atoms with E-state index in [1.807, 2.05) is 13.0 Å². The Kier molecular flexibility index (Phi) is 5.24. The van der Waals surface area contributed by atoms with Gasteiger partial charge in [0.05, 0.1) is 18.7 Å². The standard InChI is InChI=1S/C21H20N4O4/c1-13-9-15(7-8-17(13)29-3)21(2)19(27)25(20(28)24-21)12-18(26)23-16-6-4-5-14(10-16)11-22/h4-10H,12H2,1-3H3,(H,23,26)(H,24,28). The summed E-state index contributed by atoms with van der Waals surface area (Å²) >= 11 is 0. The van der Waals surface area contributed by atoms with Crippen LogP contribution in [0.1, 0.15) is 23.6 Å². The fourth-order valence-corrected chi connectivity index (χ4v) is 3.24. The molecule has 0 aliphatic carbocycles. The summed E-state index contributed by atoms with van der Waals surface area (Å²) in [6.45, 7) is 3.00. The minimum Gasteiger partial charge on any atom is -0.496 e. The summed E-state index contributed by atoms with van der Waals surface area (Å²) in [4.78, 5) is 38.6. The van der Waals surface area contributed by atoms with Crippen LogP contribution >= 0.6 is 0 Å². The summed E-state index contributed by atoms with van der Waals surface area (Å²) in [6, 6.07) is 12.9. The van der Waals surface area contributed by atoms with Crippen LogP contribution < -0.4 is 15.4 Å². The second kappa shape index (κ2) is 7.64. The van der Waals surface area contributed by atoms with Gasteiger partial charge in [0, 0.05) is 5.69 Å². The average molecular weight is 392 g/mol. The van der Waals surface area contributed by atoms with Gasteiger partial charge < -0.3 is 15.4 Å². The SMILES string of the molecule is COc1ccc(C2(C)NC(=O)N(CC(=O)Nc3cccc(C#N)c3)C2=O)cc1C. The lowest BCUT2D eigenvalue weighted by Crippen LogP contribution is -2.42. The Labute approximate surface area is 168 Å². The van der Waals surface area contributed by atoms with Crippen LogP contribution in [-0.4, -0.2) is 36.4 Å². The van der Waals surface area contributed by atoms with Crippen molar-refractivity contribution < 1.29 is 19.1 Å². The smallest absolute Gasteiger partial charge is 0.325 e. The van der Waals surface area contributed by atoms with Crippen molar-refractivity contribution in [1.29, 1.82) is 5.26 Å². The van der Waals surface area contributed by atoms with Crippen molar-refractivity contribution in [1.82, 2.24) is 10.2 Å². The lowest BCUT2D eigenvalue weighted by Gasteiger charge is -2.23. The number of methoxy groups -OCH3 is 1. The third-order valence-corrected chi connectivity index (χ3v) is 4.82. The first-order valence-electron chi connectivity index (χ1n) is 8.87. The minimum absolute atomic E-state index is 0.389. The molecule has 1 atom stereocenters. The molecule has 4 amide bonds. The Morgan fingerprint density at radius 1 is 1.28 bits per heavy atom. The van der Waals surface area contributed by atoms with Crippen LogP contribution in [0.5, 0.6) is 5.75 Å². The summed E-state index contributed by atoms with van der Waals surface area (Å²) in [6.07, 6.45) is 0. The molecule has 0 radical (unpaired) electrons. The molecule has 29 heavy (non-hydrogen) atoms. The van der Waals surface area contributed by atoms with E-state index in [0.29, 0.717) is 22.6 Å². The Hall–Kier alpha value is -3.86. The van der Waals surface area contributed by atoms with E-state index in [0.717, 1.165) is 10.5 Å². The molecule has 1 heterocycles. The topological polar surface area (TPSA) is 112 Å². The van der Waals surface area contributed by atoms with Crippen molar-refractivity contribution in [2.75, 3.05) is 19.0 Å². The second-order valence-electron chi connectivity index (χ2n) is 6.87. The molecular weight excluding hydrogens is 372 g/mol. The van der Waals surface area contributed by atoms with Gasteiger partial charge in [-0.25, -0.2) is 4.79 Å². The molecule has 2 N–H and O–H groups in total. The summed E-state index contributed by atoms with van der Waals surface area (Å²) in [5, 5.41) is 14.2. The number of hydrogen-bond donors (Lipinski definition) is 2. The lowest BCUT2D eigenvalue weighted by atomic mass is 9.90. The molecule has 1 aliphatic heterocycles. The van der Waals surface area contributed by atoms with Gasteiger partial charge in [-0.05, 0) is 55.3 Å². The third kappa shape index (κ3) is 3.75. The van der Waals surface area contributed by atoms with Crippen molar-refractivity contribution in [2.45, 2.75) is 19.4 Å². The fraction of sp³-hybridized carbons (Fsp3) is 0.238. The number of imide groups is 1. The number of urea groups is 1. The highest BCUT2D eigenvalue weighted by Crippen LogP contribution is 2.31. The van der Waals surface area contributed by atoms with E-state index in [-0.39, 0.29) is 0 Å². The first-order chi connectivity index (χ1) is 13.8. The number of rotatable bonds is 5. The molecule has 2 aromatic rings. The number of nitriles is 1. The number of hydrogen-bond acceptors (Lipinski definition) is 5. The van der Waals surface area contributed by atoms with Gasteiger partial charge in [-0.15, -0.1) is 0 Å². The predicted octanol–water partition coefficient (Wildman–Crippen LogP) is 2.28. The number of amides is 4. The second-order valence-corrected chi connectivity index (χ2v) is 6.87. The zero-order valence-electron chi connectivity index (χ0n) is 16.3. The zero-order chi connectivity index (χ0) is 21.2. The molecule has 8 heteroatoms. The highest BCUT2D eigenvalue weighted by Gasteiger charge is 2.49. The first-order valence-corrected chi connectivity index (χ1v) is 8.87. The zero-order valence-corrected chi connectivity index (χ0v) is 16.3. The number of carbonyl (C=O) groups is 3. The van der Waals surface area contributed by atoms with Gasteiger partial charge in [-0.3, -0.25) is 14.5 Å². The number of benzene rings is 2. The maximum atomic E-state index is 13.0. The number of aryl methyl sites for hydroxylation is 1. The molecule has 3 rings (SSSR count). The minimum atomic E-state index is -1.28. The summed E-state index contributed by atoms with van der Waals surface area (Å²) in [5.41, 5.74) is 0.935. The van der Waals surface area contributed by atoms with Crippen molar-refractivity contribution in [2.24, 2.45) is 0 Å². The fourth-order valence-electron chi connectivity index (χ4n) is 3.24. The quantitative estimate of drug-likeness (QED) is 0.758. The van der Waals surface area contributed by atoms with Crippen LogP contribution in [0.2, 0.25) is 0 Å². The monoisotopic (exact) mass is 392 g/mol. The van der Waals surface area contributed by atoms with E-state index in [4.69, 9.17) is 10.00 Å². The van der Waals surface area contributed by atoms with E-state index in [2.05, 4.69) is 10.6 Å². The Bertz CT molecular complexity index is 1040. The molecule has 0 bridgehead atoms. The van der Waals surface area contributed by atoms with Crippen LogP contribution in [0.3, 0.4) is 0 Å². The maximum absolute atomic E-state index is 13.0. The maximum Gasteiger partial charge on any atom is 0.325 e. The molecule has 1 aliphatic rings. The van der Waals surface area contributed by atoms with Crippen molar-refractivity contribution in [3.63, 3.8) is 0 Å². The van der Waals surface area contributed by atoms with Crippen molar-refractivity contribution >= 4 is 23.5 Å². The molecule has 2 aromatic carbocycles. The number of anilines is 1. The van der Waals surface area contributed by atoms with Crippen molar-refractivity contribution in [3.05, 3.63) is 59.2 Å². The molecule has 0 aromatic heterocycles. The van der Waals surface area contributed by atoms with Gasteiger partial charge in [-0.2, -0.15) is 5.26 Å². The predicted molar refractivity (Wildman–Crippen MR) is 105 cm³/mol. The largest absolute Gasteiger partial charge is 0.496 e. The van der Waals surface area contributed by atoms with E-state index in [1.54, 1.807) is 50.4 Å². The van der Waals surface area contributed by atoms with Crippen molar-refractivity contribution in [3.8, 4) is 11.8 Å². The lowest BCUT2D eigenvalue weighted by molar-refractivity contribution is -0.133. The number of ether oxygens (including phenoxy) is 1. The van der Waals surface area contributed by atoms with E-state index >= 15 is 0 Å². The van der Waals surface area contributed by atoms with Crippen LogP contribution in [0.25, 0.3) is 0 Å². The molecule has 1 saturated heterocycles. The summed E-state index contributed by atoms with van der Waals surface area (Å²) in [7, 11) is 1.55. The van der Waals surface area contributed by atoms with E-state index in [1.165, 1.54) is 6.07 Å². The van der Waals surface area contributed by atoms with E-state index in [9.17, 15) is 14.4 Å². The Morgan fingerprint density at radius 2 is 2.03 bits per heavy atom. The number of nitrogens with one attached hydrogen (secondary N) is 2. The van der Waals surface area contributed by atoms with Gasteiger partial charge >= 0.3 is 6.03 Å².